The van der Waals surface area contributed by atoms with E-state index in [0.717, 1.165) is 32.5 Å². The van der Waals surface area contributed by atoms with Gasteiger partial charge in [0.1, 0.15) is 0 Å². The molecule has 1 aliphatic rings. The van der Waals surface area contributed by atoms with Crippen molar-refractivity contribution in [3.63, 3.8) is 0 Å². The van der Waals surface area contributed by atoms with Crippen molar-refractivity contribution >= 4 is 5.91 Å². The third-order valence-corrected chi connectivity index (χ3v) is 3.91. The molecule has 4 nitrogen and oxygen atoms in total. The van der Waals surface area contributed by atoms with E-state index in [1.54, 1.807) is 7.05 Å². The van der Waals surface area contributed by atoms with Crippen LogP contribution in [-0.2, 0) is 11.3 Å². The summed E-state index contributed by atoms with van der Waals surface area (Å²) in [5, 5.41) is 6.30. The van der Waals surface area contributed by atoms with Crippen LogP contribution in [0.2, 0.25) is 0 Å². The first-order chi connectivity index (χ1) is 9.67. The van der Waals surface area contributed by atoms with Gasteiger partial charge in [0, 0.05) is 32.7 Å². The first-order valence-electron chi connectivity index (χ1n) is 7.39. The predicted molar refractivity (Wildman–Crippen MR) is 81.5 cm³/mol. The molecule has 4 heteroatoms. The van der Waals surface area contributed by atoms with Crippen LogP contribution >= 0.6 is 0 Å². The summed E-state index contributed by atoms with van der Waals surface area (Å²) in [5.74, 6) is 0.108. The van der Waals surface area contributed by atoms with Crippen LogP contribution in [0.5, 0.6) is 0 Å². The molecule has 0 bridgehead atoms. The number of nitrogens with zero attached hydrogens (tertiary/aromatic N) is 1. The van der Waals surface area contributed by atoms with Gasteiger partial charge in [-0.1, -0.05) is 29.8 Å². The van der Waals surface area contributed by atoms with E-state index in [1.165, 1.54) is 11.1 Å². The zero-order chi connectivity index (χ0) is 14.4. The van der Waals surface area contributed by atoms with Crippen LogP contribution < -0.4 is 10.6 Å². The number of aryl methyl sites for hydroxylation is 1. The van der Waals surface area contributed by atoms with Crippen LogP contribution in [0, 0.1) is 6.92 Å². The van der Waals surface area contributed by atoms with Gasteiger partial charge in [-0.05, 0) is 25.3 Å². The Balaban J connectivity index is 1.70. The summed E-state index contributed by atoms with van der Waals surface area (Å²) >= 11 is 0. The van der Waals surface area contributed by atoms with Gasteiger partial charge >= 0.3 is 0 Å². The van der Waals surface area contributed by atoms with Crippen molar-refractivity contribution in [2.75, 3.05) is 26.7 Å². The predicted octanol–water partition coefficient (Wildman–Crippen LogP) is 1.30. The van der Waals surface area contributed by atoms with Crippen molar-refractivity contribution in [3.05, 3.63) is 35.4 Å². The van der Waals surface area contributed by atoms with E-state index in [0.29, 0.717) is 12.6 Å². The van der Waals surface area contributed by atoms with Crippen molar-refractivity contribution < 1.29 is 4.79 Å². The zero-order valence-electron chi connectivity index (χ0n) is 12.5. The number of carbonyl (C=O) groups excluding carboxylic acids is 1. The lowest BCUT2D eigenvalue weighted by Crippen LogP contribution is -2.45. The monoisotopic (exact) mass is 275 g/mol. The fourth-order valence-corrected chi connectivity index (χ4v) is 2.66. The topological polar surface area (TPSA) is 44.4 Å². The Morgan fingerprint density at radius 1 is 1.35 bits per heavy atom. The van der Waals surface area contributed by atoms with Gasteiger partial charge in [0.05, 0.1) is 6.54 Å². The third-order valence-electron chi connectivity index (χ3n) is 3.91. The molecule has 2 N–H and O–H groups in total. The van der Waals surface area contributed by atoms with Gasteiger partial charge in [0.15, 0.2) is 0 Å². The number of amides is 1. The molecule has 0 radical (unpaired) electrons. The molecule has 0 aliphatic carbocycles. The van der Waals surface area contributed by atoms with E-state index in [-0.39, 0.29) is 5.91 Å². The van der Waals surface area contributed by atoms with E-state index >= 15 is 0 Å². The van der Waals surface area contributed by atoms with Crippen molar-refractivity contribution in [2.45, 2.75) is 32.4 Å². The fraction of sp³-hybridized carbons (Fsp3) is 0.562. The summed E-state index contributed by atoms with van der Waals surface area (Å²) in [6.45, 7) is 5.58. The van der Waals surface area contributed by atoms with Gasteiger partial charge in [-0.15, -0.1) is 0 Å². The van der Waals surface area contributed by atoms with Gasteiger partial charge in [-0.3, -0.25) is 9.69 Å². The maximum absolute atomic E-state index is 11.3. The summed E-state index contributed by atoms with van der Waals surface area (Å²) in [4.78, 5) is 13.6. The normalized spacial score (nSPS) is 17.1. The molecule has 1 heterocycles. The van der Waals surface area contributed by atoms with Gasteiger partial charge in [-0.25, -0.2) is 0 Å². The summed E-state index contributed by atoms with van der Waals surface area (Å²) in [6, 6.07) is 9.20. The van der Waals surface area contributed by atoms with Crippen molar-refractivity contribution in [3.8, 4) is 0 Å². The van der Waals surface area contributed by atoms with Crippen LogP contribution in [-0.4, -0.2) is 43.5 Å². The molecular formula is C16H25N3O. The Kier molecular flexibility index (Phi) is 5.56. The van der Waals surface area contributed by atoms with Crippen LogP contribution in [0.3, 0.4) is 0 Å². The Hall–Kier alpha value is -1.39. The number of likely N-dealkylation sites (N-methyl/N-ethyl adjacent to an activating group) is 1. The highest BCUT2D eigenvalue weighted by Gasteiger charge is 2.19. The highest BCUT2D eigenvalue weighted by Crippen LogP contribution is 2.11. The number of piperidine rings is 1. The van der Waals surface area contributed by atoms with Crippen molar-refractivity contribution in [1.29, 1.82) is 0 Å². The molecular weight excluding hydrogens is 250 g/mol. The van der Waals surface area contributed by atoms with Crippen molar-refractivity contribution in [2.24, 2.45) is 0 Å². The average Bonchev–Trinajstić information content (AvgIpc) is 2.46. The SMILES string of the molecule is CNC(=O)CN1CCC(NCc2cccc(C)c2)CC1. The number of hydrogen-bond acceptors (Lipinski definition) is 3. The van der Waals surface area contributed by atoms with Crippen LogP contribution in [0.15, 0.2) is 24.3 Å². The second-order valence-corrected chi connectivity index (χ2v) is 5.59. The van der Waals surface area contributed by atoms with Gasteiger partial charge in [0.2, 0.25) is 5.91 Å². The molecule has 1 saturated heterocycles. The van der Waals surface area contributed by atoms with Crippen LogP contribution in [0.4, 0.5) is 0 Å². The Labute approximate surface area is 121 Å². The molecule has 0 atom stereocenters. The summed E-state index contributed by atoms with van der Waals surface area (Å²) in [5.41, 5.74) is 2.66. The smallest absolute Gasteiger partial charge is 0.233 e. The number of hydrogen-bond donors (Lipinski definition) is 2. The van der Waals surface area contributed by atoms with E-state index < -0.39 is 0 Å². The number of carbonyl (C=O) groups is 1. The quantitative estimate of drug-likeness (QED) is 0.851. The summed E-state index contributed by atoms with van der Waals surface area (Å²) < 4.78 is 0. The maximum Gasteiger partial charge on any atom is 0.233 e. The Morgan fingerprint density at radius 2 is 2.10 bits per heavy atom. The second-order valence-electron chi connectivity index (χ2n) is 5.59. The van der Waals surface area contributed by atoms with E-state index in [1.807, 2.05) is 0 Å². The van der Waals surface area contributed by atoms with Crippen LogP contribution in [0.25, 0.3) is 0 Å². The number of rotatable bonds is 5. The largest absolute Gasteiger partial charge is 0.358 e. The lowest BCUT2D eigenvalue weighted by atomic mass is 10.0. The molecule has 1 aromatic rings. The Bertz CT molecular complexity index is 439. The van der Waals surface area contributed by atoms with Gasteiger partial charge in [0.25, 0.3) is 0 Å². The summed E-state index contributed by atoms with van der Waals surface area (Å²) in [7, 11) is 1.69. The van der Waals surface area contributed by atoms with Crippen LogP contribution in [0.1, 0.15) is 24.0 Å². The van der Waals surface area contributed by atoms with E-state index in [9.17, 15) is 4.79 Å². The minimum absolute atomic E-state index is 0.108. The third kappa shape index (κ3) is 4.62. The second kappa shape index (κ2) is 7.41. The molecule has 1 aromatic carbocycles. The highest BCUT2D eigenvalue weighted by atomic mass is 16.1. The van der Waals surface area contributed by atoms with E-state index in [4.69, 9.17) is 0 Å². The van der Waals surface area contributed by atoms with E-state index in [2.05, 4.69) is 46.7 Å². The number of nitrogens with one attached hydrogen (secondary N) is 2. The van der Waals surface area contributed by atoms with Crippen molar-refractivity contribution in [1.82, 2.24) is 15.5 Å². The zero-order valence-corrected chi connectivity index (χ0v) is 12.5. The molecule has 20 heavy (non-hydrogen) atoms. The number of benzene rings is 1. The maximum atomic E-state index is 11.3. The first-order valence-corrected chi connectivity index (χ1v) is 7.39. The lowest BCUT2D eigenvalue weighted by Gasteiger charge is -2.31. The molecule has 110 valence electrons. The minimum Gasteiger partial charge on any atom is -0.358 e. The minimum atomic E-state index is 0.108. The lowest BCUT2D eigenvalue weighted by molar-refractivity contribution is -0.122. The molecule has 0 saturated carbocycles. The standard InChI is InChI=1S/C16H25N3O/c1-13-4-3-5-14(10-13)11-18-15-6-8-19(9-7-15)12-16(20)17-2/h3-5,10,15,18H,6-9,11-12H2,1-2H3,(H,17,20). The summed E-state index contributed by atoms with van der Waals surface area (Å²) in [6.07, 6.45) is 2.23. The fourth-order valence-electron chi connectivity index (χ4n) is 2.66. The highest BCUT2D eigenvalue weighted by molar-refractivity contribution is 5.77. The Morgan fingerprint density at radius 3 is 2.75 bits per heavy atom. The molecule has 0 unspecified atom stereocenters. The number of likely N-dealkylation sites (tertiary alicyclic amines) is 1. The average molecular weight is 275 g/mol. The van der Waals surface area contributed by atoms with Gasteiger partial charge < -0.3 is 10.6 Å². The molecule has 1 amide bonds. The molecule has 2 rings (SSSR count). The first kappa shape index (κ1) is 15.0. The molecule has 1 fully saturated rings. The van der Waals surface area contributed by atoms with Gasteiger partial charge in [-0.2, -0.15) is 0 Å². The molecule has 0 aromatic heterocycles. The molecule has 1 aliphatic heterocycles. The molecule has 0 spiro atoms.